The van der Waals surface area contributed by atoms with Gasteiger partial charge in [0, 0.05) is 0 Å². The Morgan fingerprint density at radius 1 is 1.11 bits per heavy atom. The molecule has 5 heteroatoms. The number of methoxy groups -OCH3 is 1. The third-order valence-corrected chi connectivity index (χ3v) is 2.66. The van der Waals surface area contributed by atoms with Crippen LogP contribution in [0.1, 0.15) is 0 Å². The van der Waals surface area contributed by atoms with Gasteiger partial charge < -0.3 is 15.2 Å². The highest BCUT2D eigenvalue weighted by Crippen LogP contribution is 2.36. The van der Waals surface area contributed by atoms with Crippen molar-refractivity contribution in [2.24, 2.45) is 0 Å². The van der Waals surface area contributed by atoms with Gasteiger partial charge in [-0.25, -0.2) is 4.39 Å². The minimum atomic E-state index is -0.425. The summed E-state index contributed by atoms with van der Waals surface area (Å²) in [5.74, 6) is 0.817. The van der Waals surface area contributed by atoms with Crippen LogP contribution in [0, 0.1) is 5.82 Å². The number of hydrogen-bond acceptors (Lipinski definition) is 3. The molecule has 0 aromatic heterocycles. The molecule has 2 aromatic carbocycles. The number of para-hydroxylation sites is 1. The van der Waals surface area contributed by atoms with E-state index in [2.05, 4.69) is 0 Å². The summed E-state index contributed by atoms with van der Waals surface area (Å²) >= 11 is 5.87. The van der Waals surface area contributed by atoms with Crippen LogP contribution in [0.5, 0.6) is 17.2 Å². The predicted molar refractivity (Wildman–Crippen MR) is 68.9 cm³/mol. The van der Waals surface area contributed by atoms with E-state index in [9.17, 15) is 4.39 Å². The molecule has 2 rings (SSSR count). The summed E-state index contributed by atoms with van der Waals surface area (Å²) in [5, 5.41) is 0.178. The van der Waals surface area contributed by atoms with Gasteiger partial charge in [-0.05, 0) is 30.3 Å². The van der Waals surface area contributed by atoms with Gasteiger partial charge in [0.15, 0.2) is 5.75 Å². The van der Waals surface area contributed by atoms with E-state index < -0.39 is 5.82 Å². The Hall–Kier alpha value is -1.94. The third kappa shape index (κ3) is 2.49. The zero-order valence-electron chi connectivity index (χ0n) is 9.61. The molecule has 0 amide bonds. The molecule has 0 bridgehead atoms. The molecule has 0 atom stereocenters. The zero-order chi connectivity index (χ0) is 13.1. The zero-order valence-corrected chi connectivity index (χ0v) is 10.4. The summed E-state index contributed by atoms with van der Waals surface area (Å²) in [7, 11) is 1.51. The molecule has 18 heavy (non-hydrogen) atoms. The van der Waals surface area contributed by atoms with Gasteiger partial charge in [0.1, 0.15) is 23.0 Å². The van der Waals surface area contributed by atoms with Crippen molar-refractivity contribution in [3.8, 4) is 17.2 Å². The Morgan fingerprint density at radius 2 is 1.83 bits per heavy atom. The molecular weight excluding hydrogens is 257 g/mol. The Balaban J connectivity index is 2.34. The Labute approximate surface area is 109 Å². The van der Waals surface area contributed by atoms with Crippen LogP contribution in [0.2, 0.25) is 5.02 Å². The van der Waals surface area contributed by atoms with Gasteiger partial charge in [-0.15, -0.1) is 0 Å². The van der Waals surface area contributed by atoms with Gasteiger partial charge >= 0.3 is 0 Å². The molecule has 0 fully saturated rings. The van der Waals surface area contributed by atoms with Crippen molar-refractivity contribution in [3.63, 3.8) is 0 Å². The number of nitrogens with two attached hydrogens (primary N) is 1. The average molecular weight is 268 g/mol. The van der Waals surface area contributed by atoms with E-state index in [-0.39, 0.29) is 5.02 Å². The predicted octanol–water partition coefficient (Wildman–Crippen LogP) is 3.86. The van der Waals surface area contributed by atoms with Crippen LogP contribution in [-0.4, -0.2) is 7.11 Å². The van der Waals surface area contributed by atoms with Crippen LogP contribution in [0.15, 0.2) is 36.4 Å². The van der Waals surface area contributed by atoms with Crippen LogP contribution in [0.25, 0.3) is 0 Å². The van der Waals surface area contributed by atoms with Crippen molar-refractivity contribution in [2.75, 3.05) is 12.8 Å². The van der Waals surface area contributed by atoms with Crippen LogP contribution in [0.4, 0.5) is 10.1 Å². The van der Waals surface area contributed by atoms with E-state index in [0.717, 1.165) is 0 Å². The first-order chi connectivity index (χ1) is 8.61. The number of ether oxygens (including phenoxy) is 2. The van der Waals surface area contributed by atoms with Crippen LogP contribution in [-0.2, 0) is 0 Å². The van der Waals surface area contributed by atoms with Crippen molar-refractivity contribution >= 4 is 17.3 Å². The van der Waals surface area contributed by atoms with Crippen molar-refractivity contribution in [1.82, 2.24) is 0 Å². The van der Waals surface area contributed by atoms with Crippen molar-refractivity contribution in [2.45, 2.75) is 0 Å². The SMILES string of the molecule is COc1cccc(Oc2ccc(F)cc2Cl)c1N. The summed E-state index contributed by atoms with van der Waals surface area (Å²) in [5.41, 5.74) is 6.22. The fourth-order valence-electron chi connectivity index (χ4n) is 1.47. The van der Waals surface area contributed by atoms with Crippen LogP contribution < -0.4 is 15.2 Å². The second kappa shape index (κ2) is 5.14. The smallest absolute Gasteiger partial charge is 0.154 e. The molecule has 2 aromatic rings. The highest BCUT2D eigenvalue weighted by Gasteiger charge is 2.10. The summed E-state index contributed by atoms with van der Waals surface area (Å²) in [6, 6.07) is 9.01. The standard InChI is InChI=1S/C13H11ClFNO2/c1-17-11-3-2-4-12(13(11)16)18-10-6-5-8(15)7-9(10)14/h2-7H,16H2,1H3. The van der Waals surface area contributed by atoms with Gasteiger partial charge in [-0.2, -0.15) is 0 Å². The normalized spacial score (nSPS) is 10.2. The number of benzene rings is 2. The Kier molecular flexibility index (Phi) is 3.58. The molecule has 2 N–H and O–H groups in total. The molecule has 0 radical (unpaired) electrons. The molecule has 0 saturated carbocycles. The Morgan fingerprint density at radius 3 is 2.50 bits per heavy atom. The fraction of sp³-hybridized carbons (Fsp3) is 0.0769. The van der Waals surface area contributed by atoms with Crippen molar-refractivity contribution < 1.29 is 13.9 Å². The average Bonchev–Trinajstić information content (AvgIpc) is 2.35. The van der Waals surface area contributed by atoms with E-state index in [0.29, 0.717) is 22.9 Å². The maximum atomic E-state index is 12.9. The highest BCUT2D eigenvalue weighted by atomic mass is 35.5. The van der Waals surface area contributed by atoms with Gasteiger partial charge in [-0.1, -0.05) is 17.7 Å². The minimum Gasteiger partial charge on any atom is -0.494 e. The lowest BCUT2D eigenvalue weighted by atomic mass is 10.2. The first kappa shape index (κ1) is 12.5. The Bertz CT molecular complexity index is 575. The van der Waals surface area contributed by atoms with Gasteiger partial charge in [0.2, 0.25) is 0 Å². The van der Waals surface area contributed by atoms with E-state index in [4.69, 9.17) is 26.8 Å². The molecule has 0 heterocycles. The summed E-state index contributed by atoms with van der Waals surface area (Å²) in [4.78, 5) is 0. The number of halogens is 2. The highest BCUT2D eigenvalue weighted by molar-refractivity contribution is 6.32. The van der Waals surface area contributed by atoms with Crippen LogP contribution >= 0.6 is 11.6 Å². The van der Waals surface area contributed by atoms with Gasteiger partial charge in [0.25, 0.3) is 0 Å². The number of anilines is 1. The maximum Gasteiger partial charge on any atom is 0.154 e. The van der Waals surface area contributed by atoms with Crippen molar-refractivity contribution in [3.05, 3.63) is 47.2 Å². The monoisotopic (exact) mass is 267 g/mol. The topological polar surface area (TPSA) is 44.5 Å². The summed E-state index contributed by atoms with van der Waals surface area (Å²) < 4.78 is 23.5. The third-order valence-electron chi connectivity index (χ3n) is 2.36. The van der Waals surface area contributed by atoms with E-state index in [1.54, 1.807) is 18.2 Å². The lowest BCUT2D eigenvalue weighted by Crippen LogP contribution is -1.96. The quantitative estimate of drug-likeness (QED) is 0.859. The molecule has 0 aliphatic carbocycles. The van der Waals surface area contributed by atoms with Gasteiger partial charge in [0.05, 0.1) is 12.1 Å². The summed E-state index contributed by atoms with van der Waals surface area (Å²) in [6.45, 7) is 0. The second-order valence-corrected chi connectivity index (χ2v) is 3.96. The number of hydrogen-bond donors (Lipinski definition) is 1. The molecule has 3 nitrogen and oxygen atoms in total. The summed E-state index contributed by atoms with van der Waals surface area (Å²) in [6.07, 6.45) is 0. The molecule has 0 spiro atoms. The van der Waals surface area contributed by atoms with Gasteiger partial charge in [-0.3, -0.25) is 0 Å². The van der Waals surface area contributed by atoms with E-state index >= 15 is 0 Å². The van der Waals surface area contributed by atoms with Crippen LogP contribution in [0.3, 0.4) is 0 Å². The minimum absolute atomic E-state index is 0.178. The largest absolute Gasteiger partial charge is 0.494 e. The maximum absolute atomic E-state index is 12.9. The molecular formula is C13H11ClFNO2. The lowest BCUT2D eigenvalue weighted by Gasteiger charge is -2.12. The lowest BCUT2D eigenvalue weighted by molar-refractivity contribution is 0.412. The second-order valence-electron chi connectivity index (χ2n) is 3.55. The van der Waals surface area contributed by atoms with Crippen molar-refractivity contribution in [1.29, 1.82) is 0 Å². The number of nitrogen functional groups attached to an aromatic ring is 1. The van der Waals surface area contributed by atoms with E-state index in [1.165, 1.54) is 25.3 Å². The molecule has 0 unspecified atom stereocenters. The number of rotatable bonds is 3. The fourth-order valence-corrected chi connectivity index (χ4v) is 1.67. The molecule has 0 aliphatic rings. The molecule has 0 saturated heterocycles. The molecule has 0 aliphatic heterocycles. The first-order valence-corrected chi connectivity index (χ1v) is 5.55. The molecule has 94 valence electrons. The first-order valence-electron chi connectivity index (χ1n) is 5.17. The van der Waals surface area contributed by atoms with E-state index in [1.807, 2.05) is 0 Å².